The van der Waals surface area contributed by atoms with Gasteiger partial charge in [0, 0.05) is 35.0 Å². The normalized spacial score (nSPS) is 17.9. The van der Waals surface area contributed by atoms with Crippen LogP contribution in [0.2, 0.25) is 0 Å². The lowest BCUT2D eigenvalue weighted by Crippen LogP contribution is -2.40. The van der Waals surface area contributed by atoms with Gasteiger partial charge in [0.25, 0.3) is 0 Å². The molecule has 6 heteroatoms. The van der Waals surface area contributed by atoms with Crippen molar-refractivity contribution in [1.82, 2.24) is 19.9 Å². The zero-order valence-corrected chi connectivity index (χ0v) is 16.1. The summed E-state index contributed by atoms with van der Waals surface area (Å²) in [7, 11) is 0. The van der Waals surface area contributed by atoms with Gasteiger partial charge in [0.05, 0.1) is 30.3 Å². The van der Waals surface area contributed by atoms with Gasteiger partial charge in [0.1, 0.15) is 5.69 Å². The lowest BCUT2D eigenvalue weighted by Gasteiger charge is -2.33. The van der Waals surface area contributed by atoms with Crippen molar-refractivity contribution in [2.45, 2.75) is 46.2 Å². The predicted octanol–water partition coefficient (Wildman–Crippen LogP) is 3.16. The third-order valence-corrected chi connectivity index (χ3v) is 5.64. The van der Waals surface area contributed by atoms with E-state index in [2.05, 4.69) is 38.7 Å². The molecule has 0 unspecified atom stereocenters. The molecule has 0 aliphatic carbocycles. The summed E-state index contributed by atoms with van der Waals surface area (Å²) in [5.74, 6) is 0.150. The van der Waals surface area contributed by atoms with Crippen LogP contribution in [0, 0.1) is 5.92 Å². The van der Waals surface area contributed by atoms with E-state index in [0.29, 0.717) is 24.0 Å². The van der Waals surface area contributed by atoms with Crippen molar-refractivity contribution in [3.8, 4) is 11.3 Å². The molecule has 0 spiro atoms. The molecule has 2 aromatic rings. The molecular formula is C21H25N5O. The molecule has 140 valence electrons. The Kier molecular flexibility index (Phi) is 4.83. The van der Waals surface area contributed by atoms with Crippen molar-refractivity contribution in [3.63, 3.8) is 0 Å². The first-order chi connectivity index (χ1) is 13.0. The van der Waals surface area contributed by atoms with Gasteiger partial charge in [-0.05, 0) is 52.8 Å². The Morgan fingerprint density at radius 1 is 1.19 bits per heavy atom. The number of aromatic nitrogens is 3. The minimum absolute atomic E-state index is 0.0390. The van der Waals surface area contributed by atoms with Crippen LogP contribution < -0.4 is 0 Å². The SMILES string of the molecule is CC1=NCc2ncc(-c3cncc(C(=O)C4CCN(C(C)C)CC4)n3)cc21. The number of piperidine rings is 1. The maximum Gasteiger partial charge on any atom is 0.185 e. The van der Waals surface area contributed by atoms with E-state index in [1.165, 1.54) is 0 Å². The monoisotopic (exact) mass is 363 g/mol. The Hall–Kier alpha value is -2.47. The fourth-order valence-corrected chi connectivity index (χ4v) is 3.86. The number of fused-ring (bicyclic) bond motifs is 1. The first-order valence-electron chi connectivity index (χ1n) is 9.64. The van der Waals surface area contributed by atoms with Gasteiger partial charge in [-0.1, -0.05) is 0 Å². The highest BCUT2D eigenvalue weighted by atomic mass is 16.1. The van der Waals surface area contributed by atoms with Crippen LogP contribution >= 0.6 is 0 Å². The molecule has 27 heavy (non-hydrogen) atoms. The Bertz CT molecular complexity index is 897. The van der Waals surface area contributed by atoms with E-state index < -0.39 is 0 Å². The minimum Gasteiger partial charge on any atom is -0.301 e. The van der Waals surface area contributed by atoms with Gasteiger partial charge >= 0.3 is 0 Å². The molecule has 0 N–H and O–H groups in total. The number of hydrogen-bond donors (Lipinski definition) is 0. The summed E-state index contributed by atoms with van der Waals surface area (Å²) in [6, 6.07) is 2.58. The molecule has 2 aliphatic heterocycles. The summed E-state index contributed by atoms with van der Waals surface area (Å²) in [6.07, 6.45) is 6.86. The molecule has 0 amide bonds. The van der Waals surface area contributed by atoms with E-state index in [-0.39, 0.29) is 11.7 Å². The van der Waals surface area contributed by atoms with E-state index in [1.807, 2.05) is 13.0 Å². The number of carbonyl (C=O) groups excluding carboxylic acids is 1. The zero-order valence-electron chi connectivity index (χ0n) is 16.1. The number of pyridine rings is 1. The number of ketones is 1. The van der Waals surface area contributed by atoms with Crippen molar-refractivity contribution in [2.75, 3.05) is 13.1 Å². The highest BCUT2D eigenvalue weighted by Gasteiger charge is 2.28. The summed E-state index contributed by atoms with van der Waals surface area (Å²) in [6.45, 7) is 8.97. The average Bonchev–Trinajstić information content (AvgIpc) is 3.08. The molecular weight excluding hydrogens is 338 g/mol. The number of carbonyl (C=O) groups is 1. The molecule has 4 rings (SSSR count). The minimum atomic E-state index is 0.0390. The Labute approximate surface area is 159 Å². The van der Waals surface area contributed by atoms with E-state index in [1.54, 1.807) is 18.6 Å². The second kappa shape index (κ2) is 7.27. The number of nitrogens with zero attached hydrogens (tertiary/aromatic N) is 5. The fourth-order valence-electron chi connectivity index (χ4n) is 3.86. The molecule has 0 bridgehead atoms. The Morgan fingerprint density at radius 3 is 2.70 bits per heavy atom. The number of rotatable bonds is 4. The summed E-state index contributed by atoms with van der Waals surface area (Å²) in [4.78, 5) is 33.2. The van der Waals surface area contributed by atoms with Gasteiger partial charge in [-0.2, -0.15) is 0 Å². The number of aliphatic imine (C=N–C) groups is 1. The van der Waals surface area contributed by atoms with E-state index >= 15 is 0 Å². The quantitative estimate of drug-likeness (QED) is 0.780. The smallest absolute Gasteiger partial charge is 0.185 e. The fraction of sp³-hybridized carbons (Fsp3) is 0.476. The van der Waals surface area contributed by atoms with Gasteiger partial charge in [-0.15, -0.1) is 0 Å². The average molecular weight is 363 g/mol. The third-order valence-electron chi connectivity index (χ3n) is 5.64. The van der Waals surface area contributed by atoms with Crippen LogP contribution in [-0.2, 0) is 6.54 Å². The second-order valence-electron chi connectivity index (χ2n) is 7.68. The Balaban J connectivity index is 1.54. The lowest BCUT2D eigenvalue weighted by molar-refractivity contribution is 0.0806. The summed E-state index contributed by atoms with van der Waals surface area (Å²) < 4.78 is 0. The third kappa shape index (κ3) is 3.54. The van der Waals surface area contributed by atoms with Crippen molar-refractivity contribution >= 4 is 11.5 Å². The standard InChI is InChI=1S/C21H25N5O/c1-13(2)26-6-4-15(5-7-26)21(27)20-11-22-10-18(25-20)16-8-17-14(3)23-12-19(17)24-9-16/h8-11,13,15H,4-7,12H2,1-3H3. The summed E-state index contributed by atoms with van der Waals surface area (Å²) >= 11 is 0. The van der Waals surface area contributed by atoms with Crippen molar-refractivity contribution < 1.29 is 4.79 Å². The molecule has 0 saturated carbocycles. The predicted molar refractivity (Wildman–Crippen MR) is 105 cm³/mol. The summed E-state index contributed by atoms with van der Waals surface area (Å²) in [5.41, 5.74) is 5.08. The van der Waals surface area contributed by atoms with Crippen LogP contribution in [-0.4, -0.2) is 50.5 Å². The highest BCUT2D eigenvalue weighted by molar-refractivity contribution is 6.02. The second-order valence-corrected chi connectivity index (χ2v) is 7.68. The van der Waals surface area contributed by atoms with E-state index in [4.69, 9.17) is 0 Å². The topological polar surface area (TPSA) is 71.3 Å². The Morgan fingerprint density at radius 2 is 1.96 bits per heavy atom. The van der Waals surface area contributed by atoms with Gasteiger partial charge in [0.15, 0.2) is 5.78 Å². The van der Waals surface area contributed by atoms with Gasteiger partial charge < -0.3 is 4.90 Å². The van der Waals surface area contributed by atoms with E-state index in [9.17, 15) is 4.79 Å². The van der Waals surface area contributed by atoms with Crippen LogP contribution in [0.1, 0.15) is 55.4 Å². The molecule has 0 radical (unpaired) electrons. The number of hydrogen-bond acceptors (Lipinski definition) is 6. The molecule has 2 aliphatic rings. The molecule has 1 fully saturated rings. The number of likely N-dealkylation sites (tertiary alicyclic amines) is 1. The molecule has 2 aromatic heterocycles. The molecule has 1 saturated heterocycles. The van der Waals surface area contributed by atoms with E-state index in [0.717, 1.165) is 48.5 Å². The van der Waals surface area contributed by atoms with Crippen LogP contribution in [0.5, 0.6) is 0 Å². The van der Waals surface area contributed by atoms with Gasteiger partial charge in [-0.25, -0.2) is 4.98 Å². The number of Topliss-reactive ketones (excluding diaryl/α,β-unsaturated/α-hetero) is 1. The first-order valence-corrected chi connectivity index (χ1v) is 9.64. The van der Waals surface area contributed by atoms with Crippen LogP contribution in [0.25, 0.3) is 11.3 Å². The zero-order chi connectivity index (χ0) is 19.0. The first kappa shape index (κ1) is 17.9. The van der Waals surface area contributed by atoms with Crippen molar-refractivity contribution in [1.29, 1.82) is 0 Å². The highest BCUT2D eigenvalue weighted by Crippen LogP contribution is 2.25. The molecule has 6 nitrogen and oxygen atoms in total. The van der Waals surface area contributed by atoms with Gasteiger partial charge in [-0.3, -0.25) is 19.8 Å². The maximum atomic E-state index is 12.9. The van der Waals surface area contributed by atoms with Gasteiger partial charge in [0.2, 0.25) is 0 Å². The largest absolute Gasteiger partial charge is 0.301 e. The molecule has 0 atom stereocenters. The van der Waals surface area contributed by atoms with Crippen molar-refractivity contribution in [3.05, 3.63) is 41.6 Å². The van der Waals surface area contributed by atoms with Crippen LogP contribution in [0.4, 0.5) is 0 Å². The van der Waals surface area contributed by atoms with Crippen LogP contribution in [0.3, 0.4) is 0 Å². The van der Waals surface area contributed by atoms with Crippen LogP contribution in [0.15, 0.2) is 29.6 Å². The maximum absolute atomic E-state index is 12.9. The van der Waals surface area contributed by atoms with Crippen molar-refractivity contribution in [2.24, 2.45) is 10.9 Å². The molecule has 4 heterocycles. The lowest BCUT2D eigenvalue weighted by atomic mass is 9.90. The summed E-state index contributed by atoms with van der Waals surface area (Å²) in [5, 5.41) is 0. The molecule has 0 aromatic carbocycles.